The summed E-state index contributed by atoms with van der Waals surface area (Å²) in [6.07, 6.45) is -9.41. The zero-order valence-corrected chi connectivity index (χ0v) is 18.9. The first-order valence-electron chi connectivity index (χ1n) is 10.2. The maximum absolute atomic E-state index is 14.6. The van der Waals surface area contributed by atoms with Gasteiger partial charge >= 0.3 is 12.5 Å². The van der Waals surface area contributed by atoms with Gasteiger partial charge in [-0.05, 0) is 42.3 Å². The number of carbonyl (C=O) groups is 1. The minimum absolute atomic E-state index is 0.0882. The van der Waals surface area contributed by atoms with E-state index in [9.17, 15) is 31.9 Å². The monoisotopic (exact) mass is 514 g/mol. The van der Waals surface area contributed by atoms with Crippen LogP contribution in [0, 0.1) is 5.82 Å². The number of ether oxygens (including phenoxy) is 1. The van der Waals surface area contributed by atoms with Gasteiger partial charge in [0.1, 0.15) is 23.2 Å². The van der Waals surface area contributed by atoms with Crippen molar-refractivity contribution in [2.24, 2.45) is 0 Å². The molecular formula is C24H20ClF5N2O3. The van der Waals surface area contributed by atoms with Crippen molar-refractivity contribution in [2.45, 2.75) is 37.5 Å². The smallest absolute Gasteiger partial charge is 0.428 e. The zero-order valence-electron chi connectivity index (χ0n) is 18.2. The summed E-state index contributed by atoms with van der Waals surface area (Å²) in [5.41, 5.74) is -1.18. The van der Waals surface area contributed by atoms with Crippen LogP contribution < -0.4 is 10.1 Å². The van der Waals surface area contributed by atoms with Crippen molar-refractivity contribution in [3.05, 3.63) is 94.5 Å². The normalized spacial score (nSPS) is 14.3. The second-order valence-electron chi connectivity index (χ2n) is 7.73. The van der Waals surface area contributed by atoms with E-state index in [4.69, 9.17) is 11.6 Å². The number of alkyl halides is 4. The van der Waals surface area contributed by atoms with Crippen LogP contribution in [0.2, 0.25) is 5.02 Å². The third-order valence-corrected chi connectivity index (χ3v) is 5.29. The Hall–Kier alpha value is -3.24. The van der Waals surface area contributed by atoms with Crippen molar-refractivity contribution in [1.82, 2.24) is 10.3 Å². The molecule has 3 rings (SSSR count). The van der Waals surface area contributed by atoms with E-state index in [1.54, 1.807) is 30.3 Å². The summed E-state index contributed by atoms with van der Waals surface area (Å²) >= 11 is 5.95. The number of nitrogens with one attached hydrogen (secondary N) is 1. The molecule has 0 saturated carbocycles. The Morgan fingerprint density at radius 2 is 1.83 bits per heavy atom. The predicted molar refractivity (Wildman–Crippen MR) is 118 cm³/mol. The molecule has 0 fully saturated rings. The summed E-state index contributed by atoms with van der Waals surface area (Å²) in [5, 5.41) is 12.7. The Kier molecular flexibility index (Phi) is 7.97. The van der Waals surface area contributed by atoms with Crippen LogP contribution in [0.15, 0.2) is 66.9 Å². The number of hydrogen-bond acceptors (Lipinski definition) is 4. The van der Waals surface area contributed by atoms with E-state index < -0.39 is 41.7 Å². The minimum Gasteiger partial charge on any atom is -0.428 e. The van der Waals surface area contributed by atoms with Gasteiger partial charge in [0, 0.05) is 18.7 Å². The fraction of sp³-hybridized carbons (Fsp3) is 0.250. The number of halogens is 6. The lowest BCUT2D eigenvalue weighted by Gasteiger charge is -2.36. The molecule has 3 aromatic rings. The SMILES string of the molecule is C[C@H](O)C(=O)N[C@@](Cc1ccccc1)(c1cc(F)cc(OC(F)(F)C(F)F)c1)c1ccc(Cl)cn1. The molecule has 5 nitrogen and oxygen atoms in total. The highest BCUT2D eigenvalue weighted by Gasteiger charge is 2.45. The summed E-state index contributed by atoms with van der Waals surface area (Å²) < 4.78 is 71.4. The molecule has 0 bridgehead atoms. The van der Waals surface area contributed by atoms with E-state index >= 15 is 0 Å². The standard InChI is InChI=1S/C24H20ClF5N2O3/c1-14(33)21(34)32-23(12-15-5-3-2-4-6-15,20-8-7-17(25)13-31-20)16-9-18(26)11-19(10-16)35-24(29,30)22(27)28/h2-11,13-14,22,33H,12H2,1H3,(H,32,34)/t14-,23-/m0/s1. The lowest BCUT2D eigenvalue weighted by atomic mass is 9.80. The molecule has 35 heavy (non-hydrogen) atoms. The predicted octanol–water partition coefficient (Wildman–Crippen LogP) is 5.09. The largest absolute Gasteiger partial charge is 0.461 e. The quantitative estimate of drug-likeness (QED) is 0.390. The van der Waals surface area contributed by atoms with Gasteiger partial charge in [0.2, 0.25) is 5.91 Å². The molecule has 2 N–H and O–H groups in total. The maximum atomic E-state index is 14.6. The highest BCUT2D eigenvalue weighted by Crippen LogP contribution is 2.37. The van der Waals surface area contributed by atoms with Gasteiger partial charge in [-0.25, -0.2) is 4.39 Å². The number of aliphatic hydroxyl groups is 1. The van der Waals surface area contributed by atoms with Crippen LogP contribution in [-0.4, -0.2) is 34.6 Å². The van der Waals surface area contributed by atoms with E-state index in [0.29, 0.717) is 11.6 Å². The Labute approximate surface area is 202 Å². The first kappa shape index (κ1) is 26.4. The first-order valence-corrected chi connectivity index (χ1v) is 10.6. The zero-order chi connectivity index (χ0) is 25.8. The van der Waals surface area contributed by atoms with Crippen molar-refractivity contribution < 1.29 is 36.6 Å². The minimum atomic E-state index is -4.89. The Morgan fingerprint density at radius 1 is 1.14 bits per heavy atom. The van der Waals surface area contributed by atoms with Crippen LogP contribution >= 0.6 is 11.6 Å². The fourth-order valence-corrected chi connectivity index (χ4v) is 3.55. The average Bonchev–Trinajstić information content (AvgIpc) is 2.78. The molecular weight excluding hydrogens is 495 g/mol. The van der Waals surface area contributed by atoms with E-state index in [2.05, 4.69) is 15.0 Å². The lowest BCUT2D eigenvalue weighted by Crippen LogP contribution is -2.52. The van der Waals surface area contributed by atoms with Crippen LogP contribution in [-0.2, 0) is 16.8 Å². The molecule has 0 aliphatic carbocycles. The summed E-state index contributed by atoms with van der Waals surface area (Å²) in [4.78, 5) is 16.9. The van der Waals surface area contributed by atoms with Crippen LogP contribution in [0.5, 0.6) is 5.75 Å². The molecule has 0 aliphatic heterocycles. The molecule has 0 radical (unpaired) electrons. The maximum Gasteiger partial charge on any atom is 0.461 e. The molecule has 0 aliphatic rings. The number of amides is 1. The van der Waals surface area contributed by atoms with Gasteiger partial charge < -0.3 is 15.2 Å². The number of nitrogens with zero attached hydrogens (tertiary/aromatic N) is 1. The van der Waals surface area contributed by atoms with Crippen LogP contribution in [0.25, 0.3) is 0 Å². The summed E-state index contributed by atoms with van der Waals surface area (Å²) in [6, 6.07) is 13.7. The molecule has 0 unspecified atom stereocenters. The van der Waals surface area contributed by atoms with Gasteiger partial charge in [-0.2, -0.15) is 17.6 Å². The van der Waals surface area contributed by atoms with Gasteiger partial charge in [-0.15, -0.1) is 0 Å². The summed E-state index contributed by atoms with van der Waals surface area (Å²) in [7, 11) is 0. The van der Waals surface area contributed by atoms with E-state index in [0.717, 1.165) is 12.1 Å². The highest BCUT2D eigenvalue weighted by atomic mass is 35.5. The molecule has 2 aromatic carbocycles. The summed E-state index contributed by atoms with van der Waals surface area (Å²) in [5.74, 6) is -2.88. The van der Waals surface area contributed by atoms with Crippen molar-refractivity contribution in [3.8, 4) is 5.75 Å². The highest BCUT2D eigenvalue weighted by molar-refractivity contribution is 6.30. The molecule has 0 spiro atoms. The van der Waals surface area contributed by atoms with Gasteiger partial charge in [-0.3, -0.25) is 9.78 Å². The molecule has 0 saturated heterocycles. The molecule has 1 aromatic heterocycles. The third-order valence-electron chi connectivity index (χ3n) is 5.06. The first-order chi connectivity index (χ1) is 16.4. The van der Waals surface area contributed by atoms with Gasteiger partial charge in [0.25, 0.3) is 0 Å². The molecule has 11 heteroatoms. The second kappa shape index (κ2) is 10.6. The molecule has 1 heterocycles. The van der Waals surface area contributed by atoms with Crippen molar-refractivity contribution in [3.63, 3.8) is 0 Å². The van der Waals surface area contributed by atoms with E-state index in [1.165, 1.54) is 25.3 Å². The average molecular weight is 515 g/mol. The van der Waals surface area contributed by atoms with Crippen LogP contribution in [0.4, 0.5) is 22.0 Å². The van der Waals surface area contributed by atoms with Crippen molar-refractivity contribution in [2.75, 3.05) is 0 Å². The topological polar surface area (TPSA) is 71.5 Å². The molecule has 2 atom stereocenters. The lowest BCUT2D eigenvalue weighted by molar-refractivity contribution is -0.253. The Bertz CT molecular complexity index is 1160. The summed E-state index contributed by atoms with van der Waals surface area (Å²) in [6.45, 7) is 1.20. The van der Waals surface area contributed by atoms with E-state index in [-0.39, 0.29) is 22.7 Å². The Morgan fingerprint density at radius 3 is 2.40 bits per heavy atom. The number of aliphatic hydroxyl groups excluding tert-OH is 1. The number of rotatable bonds is 9. The van der Waals surface area contributed by atoms with E-state index in [1.807, 2.05) is 0 Å². The van der Waals surface area contributed by atoms with Gasteiger partial charge in [-0.1, -0.05) is 41.9 Å². The number of aromatic nitrogens is 1. The van der Waals surface area contributed by atoms with Gasteiger partial charge in [0.15, 0.2) is 0 Å². The van der Waals surface area contributed by atoms with Crippen LogP contribution in [0.1, 0.15) is 23.7 Å². The fourth-order valence-electron chi connectivity index (χ4n) is 3.44. The number of hydrogen-bond donors (Lipinski definition) is 2. The third kappa shape index (κ3) is 6.26. The molecule has 1 amide bonds. The van der Waals surface area contributed by atoms with Gasteiger partial charge in [0.05, 0.1) is 10.7 Å². The Balaban J connectivity index is 2.26. The molecule has 186 valence electrons. The van der Waals surface area contributed by atoms with Crippen molar-refractivity contribution in [1.29, 1.82) is 0 Å². The van der Waals surface area contributed by atoms with Crippen molar-refractivity contribution >= 4 is 17.5 Å². The number of pyridine rings is 1. The second-order valence-corrected chi connectivity index (χ2v) is 8.17. The number of carbonyl (C=O) groups excluding carboxylic acids is 1. The van der Waals surface area contributed by atoms with Crippen LogP contribution in [0.3, 0.4) is 0 Å². The number of benzene rings is 2.